The van der Waals surface area contributed by atoms with Gasteiger partial charge in [0.25, 0.3) is 0 Å². The van der Waals surface area contributed by atoms with Gasteiger partial charge >= 0.3 is 5.97 Å². The second-order valence-corrected chi connectivity index (χ2v) is 5.40. The van der Waals surface area contributed by atoms with Crippen molar-refractivity contribution in [1.29, 1.82) is 0 Å². The summed E-state index contributed by atoms with van der Waals surface area (Å²) in [5, 5.41) is 8.68. The summed E-state index contributed by atoms with van der Waals surface area (Å²) in [5.74, 6) is 0.452. The second kappa shape index (κ2) is 7.66. The molecule has 114 valence electrons. The van der Waals surface area contributed by atoms with Crippen LogP contribution in [0.4, 0.5) is 0 Å². The van der Waals surface area contributed by atoms with Gasteiger partial charge in [0.2, 0.25) is 0 Å². The van der Waals surface area contributed by atoms with E-state index in [0.29, 0.717) is 12.4 Å². The first-order chi connectivity index (χ1) is 10.6. The molecular formula is C17H15BrO4. The van der Waals surface area contributed by atoms with Gasteiger partial charge in [-0.2, -0.15) is 0 Å². The lowest BCUT2D eigenvalue weighted by molar-refractivity contribution is -0.131. The van der Waals surface area contributed by atoms with Crippen molar-refractivity contribution >= 4 is 28.0 Å². The number of benzene rings is 2. The molecule has 0 heterocycles. The number of carboxylic acid groups (broad SMARTS) is 1. The van der Waals surface area contributed by atoms with E-state index in [0.717, 1.165) is 27.4 Å². The fourth-order valence-corrected chi connectivity index (χ4v) is 2.28. The first kappa shape index (κ1) is 16.1. The summed E-state index contributed by atoms with van der Waals surface area (Å²) in [6, 6.07) is 13.0. The van der Waals surface area contributed by atoms with Gasteiger partial charge in [-0.3, -0.25) is 0 Å². The highest BCUT2D eigenvalue weighted by Crippen LogP contribution is 2.24. The molecule has 0 bridgehead atoms. The van der Waals surface area contributed by atoms with Crippen LogP contribution in [0.5, 0.6) is 11.5 Å². The fraction of sp³-hybridized carbons (Fsp3) is 0.118. The van der Waals surface area contributed by atoms with Crippen LogP contribution in [0, 0.1) is 0 Å². The van der Waals surface area contributed by atoms with Crippen LogP contribution in [0.15, 0.2) is 53.0 Å². The second-order valence-electron chi connectivity index (χ2n) is 4.49. The van der Waals surface area contributed by atoms with Crippen LogP contribution in [0.2, 0.25) is 0 Å². The maximum atomic E-state index is 10.6. The number of aliphatic carboxylic acids is 1. The van der Waals surface area contributed by atoms with Crippen molar-refractivity contribution in [3.8, 4) is 11.5 Å². The molecule has 0 atom stereocenters. The summed E-state index contributed by atoms with van der Waals surface area (Å²) in [5.41, 5.74) is 1.62. The van der Waals surface area contributed by atoms with Crippen molar-refractivity contribution in [3.05, 3.63) is 64.1 Å². The summed E-state index contributed by atoms with van der Waals surface area (Å²) in [6.45, 7) is 0.328. The molecule has 0 aliphatic rings. The van der Waals surface area contributed by atoms with E-state index >= 15 is 0 Å². The molecule has 0 fully saturated rings. The molecule has 0 spiro atoms. The minimum absolute atomic E-state index is 0.328. The van der Waals surface area contributed by atoms with Crippen molar-refractivity contribution in [2.24, 2.45) is 0 Å². The number of ether oxygens (including phenoxy) is 2. The lowest BCUT2D eigenvalue weighted by Gasteiger charge is -2.11. The normalized spacial score (nSPS) is 10.6. The fourth-order valence-electron chi connectivity index (χ4n) is 1.90. The Balaban J connectivity index is 2.17. The van der Waals surface area contributed by atoms with Crippen molar-refractivity contribution in [2.45, 2.75) is 6.61 Å². The number of carboxylic acids is 1. The van der Waals surface area contributed by atoms with Gasteiger partial charge in [-0.25, -0.2) is 4.79 Å². The number of halogens is 1. The largest absolute Gasteiger partial charge is 0.496 e. The minimum Gasteiger partial charge on any atom is -0.496 e. The first-order valence-electron chi connectivity index (χ1n) is 6.55. The summed E-state index contributed by atoms with van der Waals surface area (Å²) >= 11 is 3.39. The molecule has 0 saturated heterocycles. The van der Waals surface area contributed by atoms with Crippen LogP contribution in [0.3, 0.4) is 0 Å². The molecule has 22 heavy (non-hydrogen) atoms. The topological polar surface area (TPSA) is 55.8 Å². The quantitative estimate of drug-likeness (QED) is 0.784. The molecule has 5 heteroatoms. The summed E-state index contributed by atoms with van der Waals surface area (Å²) < 4.78 is 12.0. The van der Waals surface area contributed by atoms with E-state index in [1.54, 1.807) is 19.2 Å². The standard InChI is InChI=1S/C17H15BrO4/c1-21-16-7-5-12(6-8-17(19)20)9-13(16)11-22-15-4-2-3-14(18)10-15/h2-10H,11H2,1H3,(H,19,20)/b8-6+. The highest BCUT2D eigenvalue weighted by molar-refractivity contribution is 9.10. The van der Waals surface area contributed by atoms with Crippen LogP contribution < -0.4 is 9.47 Å². The molecule has 2 aromatic rings. The molecule has 0 aromatic heterocycles. The van der Waals surface area contributed by atoms with E-state index < -0.39 is 5.97 Å². The number of rotatable bonds is 6. The van der Waals surface area contributed by atoms with Crippen LogP contribution >= 0.6 is 15.9 Å². The molecule has 0 aliphatic carbocycles. The van der Waals surface area contributed by atoms with E-state index in [-0.39, 0.29) is 0 Å². The Morgan fingerprint density at radius 1 is 1.27 bits per heavy atom. The number of methoxy groups -OCH3 is 1. The van der Waals surface area contributed by atoms with Crippen molar-refractivity contribution in [3.63, 3.8) is 0 Å². The summed E-state index contributed by atoms with van der Waals surface area (Å²) in [4.78, 5) is 10.6. The molecule has 0 unspecified atom stereocenters. The molecule has 2 aromatic carbocycles. The van der Waals surface area contributed by atoms with Crippen molar-refractivity contribution in [2.75, 3.05) is 7.11 Å². The van der Waals surface area contributed by atoms with E-state index in [9.17, 15) is 4.79 Å². The summed E-state index contributed by atoms with van der Waals surface area (Å²) in [7, 11) is 1.59. The van der Waals surface area contributed by atoms with Gasteiger partial charge in [0.1, 0.15) is 18.1 Å². The van der Waals surface area contributed by atoms with Crippen molar-refractivity contribution < 1.29 is 19.4 Å². The first-order valence-corrected chi connectivity index (χ1v) is 7.34. The molecule has 1 N–H and O–H groups in total. The third-order valence-electron chi connectivity index (χ3n) is 2.91. The third-order valence-corrected chi connectivity index (χ3v) is 3.41. The molecule has 0 radical (unpaired) electrons. The summed E-state index contributed by atoms with van der Waals surface area (Å²) in [6.07, 6.45) is 2.63. The van der Waals surface area contributed by atoms with Gasteiger partial charge in [0.05, 0.1) is 7.11 Å². The maximum Gasteiger partial charge on any atom is 0.328 e. The maximum absolute atomic E-state index is 10.6. The molecule has 0 amide bonds. The predicted octanol–water partition coefficient (Wildman–Crippen LogP) is 4.13. The molecule has 0 saturated carbocycles. The zero-order valence-corrected chi connectivity index (χ0v) is 13.5. The van der Waals surface area contributed by atoms with E-state index in [1.807, 2.05) is 30.3 Å². The predicted molar refractivity (Wildman–Crippen MR) is 88.1 cm³/mol. The zero-order chi connectivity index (χ0) is 15.9. The smallest absolute Gasteiger partial charge is 0.328 e. The Morgan fingerprint density at radius 2 is 2.09 bits per heavy atom. The molecule has 4 nitrogen and oxygen atoms in total. The zero-order valence-electron chi connectivity index (χ0n) is 12.0. The van der Waals surface area contributed by atoms with Crippen LogP contribution in [0.25, 0.3) is 6.08 Å². The Kier molecular flexibility index (Phi) is 5.61. The SMILES string of the molecule is COc1ccc(/C=C/C(=O)O)cc1COc1cccc(Br)c1. The van der Waals surface area contributed by atoms with E-state index in [2.05, 4.69) is 15.9 Å². The van der Waals surface area contributed by atoms with Gasteiger partial charge in [-0.1, -0.05) is 28.1 Å². The number of carbonyl (C=O) groups is 1. The lowest BCUT2D eigenvalue weighted by atomic mass is 10.1. The Morgan fingerprint density at radius 3 is 2.77 bits per heavy atom. The average Bonchev–Trinajstić information content (AvgIpc) is 2.51. The van der Waals surface area contributed by atoms with E-state index in [1.165, 1.54) is 6.08 Å². The van der Waals surface area contributed by atoms with Gasteiger partial charge in [-0.05, 0) is 42.0 Å². The third kappa shape index (κ3) is 4.63. The highest BCUT2D eigenvalue weighted by atomic mass is 79.9. The molecular weight excluding hydrogens is 348 g/mol. The van der Waals surface area contributed by atoms with Gasteiger partial charge in [0.15, 0.2) is 0 Å². The van der Waals surface area contributed by atoms with Crippen LogP contribution in [-0.2, 0) is 11.4 Å². The average molecular weight is 363 g/mol. The monoisotopic (exact) mass is 362 g/mol. The van der Waals surface area contributed by atoms with Crippen LogP contribution in [0.1, 0.15) is 11.1 Å². The minimum atomic E-state index is -0.984. The van der Waals surface area contributed by atoms with Crippen molar-refractivity contribution in [1.82, 2.24) is 0 Å². The Labute approximate surface area is 137 Å². The lowest BCUT2D eigenvalue weighted by Crippen LogP contribution is -1.99. The van der Waals surface area contributed by atoms with Gasteiger partial charge in [0, 0.05) is 16.1 Å². The number of hydrogen-bond acceptors (Lipinski definition) is 3. The molecule has 0 aliphatic heterocycles. The Hall–Kier alpha value is -2.27. The van der Waals surface area contributed by atoms with Gasteiger partial charge in [-0.15, -0.1) is 0 Å². The Bertz CT molecular complexity index is 695. The van der Waals surface area contributed by atoms with Gasteiger partial charge < -0.3 is 14.6 Å². The van der Waals surface area contributed by atoms with E-state index in [4.69, 9.17) is 14.6 Å². The highest BCUT2D eigenvalue weighted by Gasteiger charge is 2.05. The number of hydrogen-bond donors (Lipinski definition) is 1. The van der Waals surface area contributed by atoms with Crippen LogP contribution in [-0.4, -0.2) is 18.2 Å². The molecule has 2 rings (SSSR count).